The zero-order chi connectivity index (χ0) is 12.3. The van der Waals surface area contributed by atoms with Gasteiger partial charge < -0.3 is 4.74 Å². The van der Waals surface area contributed by atoms with Crippen LogP contribution < -0.4 is 4.74 Å². The van der Waals surface area contributed by atoms with Gasteiger partial charge in [0.15, 0.2) is 0 Å². The Morgan fingerprint density at radius 1 is 1.29 bits per heavy atom. The normalized spacial score (nSPS) is 10.3. The third-order valence-corrected chi connectivity index (χ3v) is 2.79. The van der Waals surface area contributed by atoms with Gasteiger partial charge in [-0.05, 0) is 39.7 Å². The van der Waals surface area contributed by atoms with E-state index < -0.39 is 5.82 Å². The van der Waals surface area contributed by atoms with Gasteiger partial charge in [-0.2, -0.15) is 0 Å². The van der Waals surface area contributed by atoms with Gasteiger partial charge >= 0.3 is 0 Å². The summed E-state index contributed by atoms with van der Waals surface area (Å²) in [4.78, 5) is 3.97. The van der Waals surface area contributed by atoms with E-state index in [0.29, 0.717) is 12.4 Å². The van der Waals surface area contributed by atoms with Gasteiger partial charge in [0.2, 0.25) is 0 Å². The standard InChI is InChI=1S/C12H8BrClFNO/c13-9-4-10(6-16-5-9)17-7-8-1-2-12(15)11(14)3-8/h1-6H,7H2. The van der Waals surface area contributed by atoms with Crippen molar-refractivity contribution < 1.29 is 9.13 Å². The molecule has 0 aliphatic carbocycles. The highest BCUT2D eigenvalue weighted by atomic mass is 79.9. The van der Waals surface area contributed by atoms with Crippen LogP contribution in [0.5, 0.6) is 5.75 Å². The van der Waals surface area contributed by atoms with Crippen LogP contribution in [0, 0.1) is 5.82 Å². The predicted octanol–water partition coefficient (Wildman–Crippen LogP) is 4.22. The highest BCUT2D eigenvalue weighted by molar-refractivity contribution is 9.10. The number of ether oxygens (including phenoxy) is 1. The molecule has 2 aromatic rings. The largest absolute Gasteiger partial charge is 0.487 e. The van der Waals surface area contributed by atoms with Crippen LogP contribution in [0.3, 0.4) is 0 Å². The number of nitrogens with zero attached hydrogens (tertiary/aromatic N) is 1. The first-order valence-corrected chi connectivity index (χ1v) is 5.99. The fourth-order valence-corrected chi connectivity index (χ4v) is 1.81. The quantitative estimate of drug-likeness (QED) is 0.846. The van der Waals surface area contributed by atoms with Crippen LogP contribution in [-0.2, 0) is 6.61 Å². The van der Waals surface area contributed by atoms with Crippen molar-refractivity contribution in [2.75, 3.05) is 0 Å². The fraction of sp³-hybridized carbons (Fsp3) is 0.0833. The zero-order valence-electron chi connectivity index (χ0n) is 8.66. The minimum Gasteiger partial charge on any atom is -0.487 e. The van der Waals surface area contributed by atoms with Crippen molar-refractivity contribution in [2.24, 2.45) is 0 Å². The molecule has 0 saturated heterocycles. The van der Waals surface area contributed by atoms with Crippen molar-refractivity contribution in [1.29, 1.82) is 0 Å². The van der Waals surface area contributed by atoms with E-state index in [0.717, 1.165) is 10.0 Å². The Morgan fingerprint density at radius 2 is 2.12 bits per heavy atom. The molecule has 0 unspecified atom stereocenters. The summed E-state index contributed by atoms with van der Waals surface area (Å²) in [6.45, 7) is 0.318. The number of benzene rings is 1. The molecule has 0 bridgehead atoms. The minimum absolute atomic E-state index is 0.0958. The Labute approximate surface area is 112 Å². The van der Waals surface area contributed by atoms with Gasteiger partial charge in [-0.25, -0.2) is 4.39 Å². The lowest BCUT2D eigenvalue weighted by atomic mass is 10.2. The topological polar surface area (TPSA) is 22.1 Å². The van der Waals surface area contributed by atoms with Gasteiger partial charge in [0.05, 0.1) is 11.2 Å². The monoisotopic (exact) mass is 315 g/mol. The van der Waals surface area contributed by atoms with Gasteiger partial charge in [0.25, 0.3) is 0 Å². The number of aromatic nitrogens is 1. The Kier molecular flexibility index (Phi) is 3.97. The van der Waals surface area contributed by atoms with E-state index >= 15 is 0 Å². The number of halogens is 3. The second-order valence-electron chi connectivity index (χ2n) is 3.38. The summed E-state index contributed by atoms with van der Waals surface area (Å²) < 4.78 is 19.3. The first-order chi connectivity index (χ1) is 8.15. The van der Waals surface area contributed by atoms with E-state index in [2.05, 4.69) is 20.9 Å². The summed E-state index contributed by atoms with van der Waals surface area (Å²) in [6.07, 6.45) is 3.28. The van der Waals surface area contributed by atoms with Crippen molar-refractivity contribution in [3.63, 3.8) is 0 Å². The van der Waals surface area contributed by atoms with E-state index in [1.165, 1.54) is 6.07 Å². The lowest BCUT2D eigenvalue weighted by Crippen LogP contribution is -1.96. The first-order valence-electron chi connectivity index (χ1n) is 4.82. The zero-order valence-corrected chi connectivity index (χ0v) is 11.0. The van der Waals surface area contributed by atoms with Crippen LogP contribution in [-0.4, -0.2) is 4.98 Å². The van der Waals surface area contributed by atoms with Crippen LogP contribution in [0.2, 0.25) is 5.02 Å². The van der Waals surface area contributed by atoms with Crippen molar-refractivity contribution in [1.82, 2.24) is 4.98 Å². The average molecular weight is 317 g/mol. The lowest BCUT2D eigenvalue weighted by Gasteiger charge is -2.06. The number of hydrogen-bond acceptors (Lipinski definition) is 2. The molecule has 0 amide bonds. The van der Waals surface area contributed by atoms with Crippen molar-refractivity contribution >= 4 is 27.5 Å². The summed E-state index contributed by atoms with van der Waals surface area (Å²) in [5.74, 6) is 0.208. The Balaban J connectivity index is 2.05. The maximum Gasteiger partial charge on any atom is 0.141 e. The molecule has 1 heterocycles. The summed E-state index contributed by atoms with van der Waals surface area (Å²) in [6, 6.07) is 6.30. The molecule has 0 spiro atoms. The number of pyridine rings is 1. The molecular formula is C12H8BrClFNO. The Bertz CT molecular complexity index is 536. The Morgan fingerprint density at radius 3 is 2.82 bits per heavy atom. The third-order valence-electron chi connectivity index (χ3n) is 2.07. The summed E-state index contributed by atoms with van der Waals surface area (Å²) >= 11 is 8.97. The van der Waals surface area contributed by atoms with Crippen LogP contribution in [0.25, 0.3) is 0 Å². The van der Waals surface area contributed by atoms with E-state index in [9.17, 15) is 4.39 Å². The summed E-state index contributed by atoms with van der Waals surface area (Å²) in [5.41, 5.74) is 0.802. The second kappa shape index (κ2) is 5.47. The van der Waals surface area contributed by atoms with Crippen LogP contribution in [0.15, 0.2) is 41.1 Å². The van der Waals surface area contributed by atoms with E-state index in [1.54, 1.807) is 30.6 Å². The molecular weight excluding hydrogens is 308 g/mol. The van der Waals surface area contributed by atoms with Crippen molar-refractivity contribution in [2.45, 2.75) is 6.61 Å². The van der Waals surface area contributed by atoms with Crippen LogP contribution >= 0.6 is 27.5 Å². The number of rotatable bonds is 3. The molecule has 17 heavy (non-hydrogen) atoms. The van der Waals surface area contributed by atoms with E-state index in [4.69, 9.17) is 16.3 Å². The van der Waals surface area contributed by atoms with E-state index in [-0.39, 0.29) is 5.02 Å². The smallest absolute Gasteiger partial charge is 0.141 e. The SMILES string of the molecule is Fc1ccc(COc2cncc(Br)c2)cc1Cl. The molecule has 1 aromatic heterocycles. The molecule has 0 fully saturated rings. The summed E-state index contributed by atoms with van der Waals surface area (Å²) in [5, 5.41) is 0.0958. The molecule has 2 nitrogen and oxygen atoms in total. The molecule has 88 valence electrons. The summed E-state index contributed by atoms with van der Waals surface area (Å²) in [7, 11) is 0. The van der Waals surface area contributed by atoms with Crippen LogP contribution in [0.1, 0.15) is 5.56 Å². The average Bonchev–Trinajstić information content (AvgIpc) is 2.31. The molecule has 0 aliphatic heterocycles. The Hall–Kier alpha value is -1.13. The molecule has 1 aromatic carbocycles. The predicted molar refractivity (Wildman–Crippen MR) is 67.7 cm³/mol. The highest BCUT2D eigenvalue weighted by Gasteiger charge is 2.02. The van der Waals surface area contributed by atoms with Gasteiger partial charge in [-0.1, -0.05) is 17.7 Å². The third kappa shape index (κ3) is 3.41. The molecule has 0 aliphatic rings. The fourth-order valence-electron chi connectivity index (χ4n) is 1.27. The van der Waals surface area contributed by atoms with Crippen molar-refractivity contribution in [3.05, 3.63) is 57.5 Å². The van der Waals surface area contributed by atoms with Gasteiger partial charge in [0, 0.05) is 10.7 Å². The van der Waals surface area contributed by atoms with Gasteiger partial charge in [0.1, 0.15) is 18.2 Å². The van der Waals surface area contributed by atoms with Gasteiger partial charge in [-0.15, -0.1) is 0 Å². The first kappa shape index (κ1) is 12.3. The molecule has 0 saturated carbocycles. The molecule has 0 atom stereocenters. The highest BCUT2D eigenvalue weighted by Crippen LogP contribution is 2.19. The maximum atomic E-state index is 12.9. The van der Waals surface area contributed by atoms with Crippen molar-refractivity contribution in [3.8, 4) is 5.75 Å². The molecule has 5 heteroatoms. The maximum absolute atomic E-state index is 12.9. The molecule has 0 radical (unpaired) electrons. The number of hydrogen-bond donors (Lipinski definition) is 0. The van der Waals surface area contributed by atoms with Crippen LogP contribution in [0.4, 0.5) is 4.39 Å². The molecule has 2 rings (SSSR count). The second-order valence-corrected chi connectivity index (χ2v) is 4.70. The minimum atomic E-state index is -0.431. The van der Waals surface area contributed by atoms with E-state index in [1.807, 2.05) is 0 Å². The van der Waals surface area contributed by atoms with Gasteiger partial charge in [-0.3, -0.25) is 4.98 Å². The lowest BCUT2D eigenvalue weighted by molar-refractivity contribution is 0.304. The molecule has 0 N–H and O–H groups in total.